The van der Waals surface area contributed by atoms with E-state index in [0.717, 1.165) is 42.9 Å². The predicted octanol–water partition coefficient (Wildman–Crippen LogP) is 2.65. The highest BCUT2D eigenvalue weighted by molar-refractivity contribution is 5.96. The lowest BCUT2D eigenvalue weighted by molar-refractivity contribution is 0.0856. The minimum absolute atomic E-state index is 0.0583. The van der Waals surface area contributed by atoms with E-state index in [0.29, 0.717) is 12.1 Å². The summed E-state index contributed by atoms with van der Waals surface area (Å²) >= 11 is 0. The average Bonchev–Trinajstić information content (AvgIpc) is 3.20. The number of carbonyl (C=O) groups excluding carboxylic acids is 1. The summed E-state index contributed by atoms with van der Waals surface area (Å²) in [6, 6.07) is 9.92. The van der Waals surface area contributed by atoms with Crippen molar-refractivity contribution < 1.29 is 9.53 Å². The Labute approximate surface area is 136 Å². The normalized spacial score (nSPS) is 17.4. The lowest BCUT2D eigenvalue weighted by Gasteiger charge is -2.12. The third kappa shape index (κ3) is 3.29. The molecule has 1 aromatic heterocycles. The van der Waals surface area contributed by atoms with Crippen LogP contribution in [-0.4, -0.2) is 34.9 Å². The maximum atomic E-state index is 12.6. The molecule has 23 heavy (non-hydrogen) atoms. The van der Waals surface area contributed by atoms with Crippen LogP contribution in [0.2, 0.25) is 0 Å². The molecule has 3 rings (SSSR count). The first-order valence-electron chi connectivity index (χ1n) is 8.24. The number of hydrogen-bond acceptors (Lipinski definition) is 3. The Morgan fingerprint density at radius 3 is 2.83 bits per heavy atom. The Bertz CT molecular complexity index is 673. The molecule has 1 saturated heterocycles. The maximum Gasteiger partial charge on any atom is 0.255 e. The summed E-state index contributed by atoms with van der Waals surface area (Å²) in [5.74, 6) is -0.0583. The van der Waals surface area contributed by atoms with E-state index in [1.807, 2.05) is 48.9 Å². The molecule has 1 aliphatic rings. The number of amides is 1. The van der Waals surface area contributed by atoms with Gasteiger partial charge in [0.2, 0.25) is 0 Å². The minimum atomic E-state index is -0.0583. The molecule has 0 spiro atoms. The number of benzene rings is 1. The van der Waals surface area contributed by atoms with Gasteiger partial charge in [-0.1, -0.05) is 25.1 Å². The first-order chi connectivity index (χ1) is 11.2. The van der Waals surface area contributed by atoms with E-state index >= 15 is 0 Å². The molecular weight excluding hydrogens is 290 g/mol. The number of para-hydroxylation sites is 1. The number of ether oxygens (including phenoxy) is 1. The molecule has 1 aliphatic heterocycles. The molecule has 5 nitrogen and oxygen atoms in total. The molecule has 0 aliphatic carbocycles. The van der Waals surface area contributed by atoms with Gasteiger partial charge in [0.15, 0.2) is 0 Å². The topological polar surface area (TPSA) is 56.1 Å². The Hall–Kier alpha value is -2.14. The highest BCUT2D eigenvalue weighted by Crippen LogP contribution is 2.19. The molecule has 0 bridgehead atoms. The van der Waals surface area contributed by atoms with Gasteiger partial charge < -0.3 is 10.1 Å². The number of nitrogens with one attached hydrogen (secondary N) is 1. The molecule has 1 N–H and O–H groups in total. The highest BCUT2D eigenvalue weighted by atomic mass is 16.5. The second-order valence-electron chi connectivity index (χ2n) is 5.85. The number of nitrogens with zero attached hydrogens (tertiary/aromatic N) is 2. The van der Waals surface area contributed by atoms with E-state index in [-0.39, 0.29) is 12.0 Å². The molecule has 122 valence electrons. The zero-order valence-corrected chi connectivity index (χ0v) is 13.7. The van der Waals surface area contributed by atoms with Crippen molar-refractivity contribution >= 4 is 5.91 Å². The number of hydrogen-bond donors (Lipinski definition) is 1. The van der Waals surface area contributed by atoms with Crippen molar-refractivity contribution in [3.8, 4) is 5.69 Å². The van der Waals surface area contributed by atoms with Gasteiger partial charge in [0.05, 0.1) is 28.7 Å². The Kier molecular flexibility index (Phi) is 4.76. The zero-order chi connectivity index (χ0) is 16.2. The van der Waals surface area contributed by atoms with Gasteiger partial charge >= 0.3 is 0 Å². The second-order valence-corrected chi connectivity index (χ2v) is 5.85. The monoisotopic (exact) mass is 313 g/mol. The summed E-state index contributed by atoms with van der Waals surface area (Å²) in [5, 5.41) is 7.58. The standard InChI is InChI=1S/C18H23N3O2/c1-3-16-17(18(22)19-12-15-10-7-11-23-15)13(2)20-21(16)14-8-5-4-6-9-14/h4-6,8-9,15H,3,7,10-12H2,1-2H3,(H,19,22). The van der Waals surface area contributed by atoms with Crippen LogP contribution in [0, 0.1) is 6.92 Å². The molecule has 1 unspecified atom stereocenters. The zero-order valence-electron chi connectivity index (χ0n) is 13.7. The highest BCUT2D eigenvalue weighted by Gasteiger charge is 2.23. The number of aryl methyl sites for hydroxylation is 1. The molecule has 1 aromatic carbocycles. The average molecular weight is 313 g/mol. The molecule has 5 heteroatoms. The third-order valence-electron chi connectivity index (χ3n) is 4.23. The predicted molar refractivity (Wildman–Crippen MR) is 89.0 cm³/mol. The maximum absolute atomic E-state index is 12.6. The van der Waals surface area contributed by atoms with Gasteiger partial charge in [-0.3, -0.25) is 4.79 Å². The van der Waals surface area contributed by atoms with Crippen molar-refractivity contribution in [3.63, 3.8) is 0 Å². The van der Waals surface area contributed by atoms with E-state index in [2.05, 4.69) is 10.4 Å². The lowest BCUT2D eigenvalue weighted by Crippen LogP contribution is -2.32. The SMILES string of the molecule is CCc1c(C(=O)NCC2CCCO2)c(C)nn1-c1ccccc1. The van der Waals surface area contributed by atoms with E-state index < -0.39 is 0 Å². The first kappa shape index (κ1) is 15.7. The van der Waals surface area contributed by atoms with Crippen LogP contribution in [-0.2, 0) is 11.2 Å². The van der Waals surface area contributed by atoms with E-state index in [4.69, 9.17) is 4.74 Å². The largest absolute Gasteiger partial charge is 0.376 e. The minimum Gasteiger partial charge on any atom is -0.376 e. The lowest BCUT2D eigenvalue weighted by atomic mass is 10.1. The quantitative estimate of drug-likeness (QED) is 0.923. The van der Waals surface area contributed by atoms with Crippen LogP contribution >= 0.6 is 0 Å². The Balaban J connectivity index is 1.83. The summed E-state index contributed by atoms with van der Waals surface area (Å²) < 4.78 is 7.44. The smallest absolute Gasteiger partial charge is 0.255 e. The fourth-order valence-electron chi connectivity index (χ4n) is 3.08. The molecule has 1 atom stereocenters. The molecule has 0 radical (unpaired) electrons. The van der Waals surface area contributed by atoms with Crippen LogP contribution in [0.4, 0.5) is 0 Å². The van der Waals surface area contributed by atoms with Gasteiger partial charge in [0.25, 0.3) is 5.91 Å². The summed E-state index contributed by atoms with van der Waals surface area (Å²) in [7, 11) is 0. The molecular formula is C18H23N3O2. The molecule has 1 fully saturated rings. The molecule has 1 amide bonds. The van der Waals surface area contributed by atoms with Crippen molar-refractivity contribution in [2.24, 2.45) is 0 Å². The van der Waals surface area contributed by atoms with Gasteiger partial charge in [-0.15, -0.1) is 0 Å². The molecule has 0 saturated carbocycles. The summed E-state index contributed by atoms with van der Waals surface area (Å²) in [4.78, 5) is 12.6. The number of aromatic nitrogens is 2. The molecule has 2 aromatic rings. The number of rotatable bonds is 5. The van der Waals surface area contributed by atoms with Crippen molar-refractivity contribution in [2.75, 3.05) is 13.2 Å². The van der Waals surface area contributed by atoms with Crippen molar-refractivity contribution in [2.45, 2.75) is 39.2 Å². The summed E-state index contributed by atoms with van der Waals surface area (Å²) in [6.45, 7) is 5.30. The van der Waals surface area contributed by atoms with Gasteiger partial charge in [-0.2, -0.15) is 5.10 Å². The van der Waals surface area contributed by atoms with Crippen LogP contribution in [0.5, 0.6) is 0 Å². The second kappa shape index (κ2) is 6.96. The fraction of sp³-hybridized carbons (Fsp3) is 0.444. The summed E-state index contributed by atoms with van der Waals surface area (Å²) in [5.41, 5.74) is 3.37. The van der Waals surface area contributed by atoms with Crippen LogP contribution in [0.3, 0.4) is 0 Å². The fourth-order valence-corrected chi connectivity index (χ4v) is 3.08. The van der Waals surface area contributed by atoms with Gasteiger partial charge in [0.1, 0.15) is 0 Å². The van der Waals surface area contributed by atoms with Crippen LogP contribution in [0.25, 0.3) is 5.69 Å². The first-order valence-corrected chi connectivity index (χ1v) is 8.24. The van der Waals surface area contributed by atoms with Crippen LogP contribution < -0.4 is 5.32 Å². The van der Waals surface area contributed by atoms with Crippen molar-refractivity contribution in [1.82, 2.24) is 15.1 Å². The third-order valence-corrected chi connectivity index (χ3v) is 4.23. The Morgan fingerprint density at radius 2 is 2.17 bits per heavy atom. The summed E-state index contributed by atoms with van der Waals surface area (Å²) in [6.07, 6.45) is 2.99. The van der Waals surface area contributed by atoms with E-state index in [1.165, 1.54) is 0 Å². The van der Waals surface area contributed by atoms with Gasteiger partial charge in [-0.05, 0) is 38.3 Å². The van der Waals surface area contributed by atoms with Crippen LogP contribution in [0.1, 0.15) is 41.5 Å². The Morgan fingerprint density at radius 1 is 1.39 bits per heavy atom. The van der Waals surface area contributed by atoms with Crippen LogP contribution in [0.15, 0.2) is 30.3 Å². The van der Waals surface area contributed by atoms with Gasteiger partial charge in [0, 0.05) is 13.2 Å². The number of carbonyl (C=O) groups is 1. The molecule has 2 heterocycles. The van der Waals surface area contributed by atoms with Crippen molar-refractivity contribution in [3.05, 3.63) is 47.3 Å². The van der Waals surface area contributed by atoms with E-state index in [9.17, 15) is 4.79 Å². The van der Waals surface area contributed by atoms with E-state index in [1.54, 1.807) is 0 Å². The van der Waals surface area contributed by atoms with Gasteiger partial charge in [-0.25, -0.2) is 4.68 Å². The van der Waals surface area contributed by atoms with Crippen molar-refractivity contribution in [1.29, 1.82) is 0 Å².